The lowest BCUT2D eigenvalue weighted by atomic mass is 10.00. The number of carbonyl (C=O) groups excluding carboxylic acids is 1. The van der Waals surface area contributed by atoms with Gasteiger partial charge in [-0.15, -0.1) is 0 Å². The highest BCUT2D eigenvalue weighted by molar-refractivity contribution is 5.67. The smallest absolute Gasteiger partial charge is 0.407 e. The number of hydrogen-bond donors (Lipinski definition) is 2. The maximum atomic E-state index is 11.4. The Morgan fingerprint density at radius 2 is 2.12 bits per heavy atom. The second kappa shape index (κ2) is 5.53. The van der Waals surface area contributed by atoms with Crippen LogP contribution in [0.4, 0.5) is 4.79 Å². The molecular weight excluding hydrogens is 204 g/mol. The van der Waals surface area contributed by atoms with Crippen LogP contribution in [0.5, 0.6) is 0 Å². The van der Waals surface area contributed by atoms with E-state index < -0.39 is 5.60 Å². The predicted octanol–water partition coefficient (Wildman–Crippen LogP) is 2.04. The summed E-state index contributed by atoms with van der Waals surface area (Å²) >= 11 is 0. The van der Waals surface area contributed by atoms with Gasteiger partial charge in [0.05, 0.1) is 0 Å². The largest absolute Gasteiger partial charge is 0.444 e. The molecule has 0 aromatic heterocycles. The van der Waals surface area contributed by atoms with Gasteiger partial charge in [0.15, 0.2) is 0 Å². The number of hydrogen-bond acceptors (Lipinski definition) is 3. The molecule has 1 amide bonds. The number of ether oxygens (including phenoxy) is 1. The van der Waals surface area contributed by atoms with E-state index in [9.17, 15) is 4.79 Å². The third-order valence-electron chi connectivity index (χ3n) is 2.60. The van der Waals surface area contributed by atoms with Crippen molar-refractivity contribution in [1.82, 2.24) is 10.6 Å². The van der Waals surface area contributed by atoms with E-state index in [1.54, 1.807) is 0 Å². The fourth-order valence-corrected chi connectivity index (χ4v) is 1.92. The first kappa shape index (κ1) is 13.3. The van der Waals surface area contributed by atoms with Crippen molar-refractivity contribution in [2.45, 2.75) is 64.6 Å². The summed E-state index contributed by atoms with van der Waals surface area (Å²) in [6.07, 6.45) is 3.25. The zero-order valence-electron chi connectivity index (χ0n) is 10.8. The van der Waals surface area contributed by atoms with E-state index in [1.807, 2.05) is 20.8 Å². The van der Waals surface area contributed by atoms with E-state index in [0.29, 0.717) is 18.6 Å². The SMILES string of the molecule is CC1CCCC(CNC(=O)OC(C)(C)C)N1. The fraction of sp³-hybridized carbons (Fsp3) is 0.917. The van der Waals surface area contributed by atoms with E-state index >= 15 is 0 Å². The maximum absolute atomic E-state index is 11.4. The minimum atomic E-state index is -0.419. The molecule has 0 aliphatic carbocycles. The Kier molecular flexibility index (Phi) is 4.59. The van der Waals surface area contributed by atoms with Crippen molar-refractivity contribution in [1.29, 1.82) is 0 Å². The standard InChI is InChI=1S/C12H24N2O2/c1-9-6-5-7-10(14-9)8-13-11(15)16-12(2,3)4/h9-10,14H,5-8H2,1-4H3,(H,13,15). The Balaban J connectivity index is 2.21. The van der Waals surface area contributed by atoms with Crippen LogP contribution < -0.4 is 10.6 Å². The molecule has 0 bridgehead atoms. The number of nitrogens with one attached hydrogen (secondary N) is 2. The van der Waals surface area contributed by atoms with Gasteiger partial charge < -0.3 is 15.4 Å². The summed E-state index contributed by atoms with van der Waals surface area (Å²) in [7, 11) is 0. The van der Waals surface area contributed by atoms with Crippen molar-refractivity contribution < 1.29 is 9.53 Å². The third kappa shape index (κ3) is 5.35. The molecule has 0 aromatic carbocycles. The molecule has 16 heavy (non-hydrogen) atoms. The lowest BCUT2D eigenvalue weighted by Crippen LogP contribution is -2.48. The summed E-state index contributed by atoms with van der Waals surface area (Å²) in [6.45, 7) is 8.44. The molecule has 1 aliphatic heterocycles. The molecule has 1 saturated heterocycles. The Bertz CT molecular complexity index is 236. The van der Waals surface area contributed by atoms with Gasteiger partial charge in [-0.1, -0.05) is 6.42 Å². The molecule has 1 rings (SSSR count). The number of carbonyl (C=O) groups is 1. The number of alkyl carbamates (subject to hydrolysis) is 1. The molecule has 2 unspecified atom stereocenters. The summed E-state index contributed by atoms with van der Waals surface area (Å²) in [5.74, 6) is 0. The van der Waals surface area contributed by atoms with Crippen LogP contribution in [-0.2, 0) is 4.74 Å². The van der Waals surface area contributed by atoms with Crippen molar-refractivity contribution in [3.8, 4) is 0 Å². The quantitative estimate of drug-likeness (QED) is 0.760. The van der Waals surface area contributed by atoms with Crippen LogP contribution in [-0.4, -0.2) is 30.3 Å². The lowest BCUT2D eigenvalue weighted by Gasteiger charge is -2.29. The molecule has 4 nitrogen and oxygen atoms in total. The van der Waals surface area contributed by atoms with Crippen molar-refractivity contribution in [3.63, 3.8) is 0 Å². The predicted molar refractivity (Wildman–Crippen MR) is 64.5 cm³/mol. The van der Waals surface area contributed by atoms with Crippen molar-refractivity contribution in [3.05, 3.63) is 0 Å². The molecule has 0 spiro atoms. The van der Waals surface area contributed by atoms with E-state index in [-0.39, 0.29) is 6.09 Å². The number of amides is 1. The Hall–Kier alpha value is -0.770. The van der Waals surface area contributed by atoms with Crippen LogP contribution in [0.25, 0.3) is 0 Å². The molecule has 1 heterocycles. The van der Waals surface area contributed by atoms with Gasteiger partial charge in [0.1, 0.15) is 5.60 Å². The number of rotatable bonds is 2. The zero-order valence-corrected chi connectivity index (χ0v) is 10.8. The van der Waals surface area contributed by atoms with Gasteiger partial charge in [0, 0.05) is 18.6 Å². The van der Waals surface area contributed by atoms with Crippen molar-refractivity contribution in [2.75, 3.05) is 6.54 Å². The molecular formula is C12H24N2O2. The van der Waals surface area contributed by atoms with Gasteiger partial charge >= 0.3 is 6.09 Å². The Morgan fingerprint density at radius 3 is 2.69 bits per heavy atom. The molecule has 2 N–H and O–H groups in total. The van der Waals surface area contributed by atoms with Crippen LogP contribution in [0.1, 0.15) is 47.0 Å². The molecule has 1 fully saturated rings. The van der Waals surface area contributed by atoms with Gasteiger partial charge in [-0.2, -0.15) is 0 Å². The molecule has 0 aromatic rings. The normalized spacial score (nSPS) is 26.2. The van der Waals surface area contributed by atoms with Crippen molar-refractivity contribution in [2.24, 2.45) is 0 Å². The first-order chi connectivity index (χ1) is 7.37. The average molecular weight is 228 g/mol. The maximum Gasteiger partial charge on any atom is 0.407 e. The minimum Gasteiger partial charge on any atom is -0.444 e. The average Bonchev–Trinajstić information content (AvgIpc) is 2.12. The van der Waals surface area contributed by atoms with Crippen LogP contribution >= 0.6 is 0 Å². The summed E-state index contributed by atoms with van der Waals surface area (Å²) in [4.78, 5) is 11.4. The van der Waals surface area contributed by atoms with E-state index in [0.717, 1.165) is 6.42 Å². The van der Waals surface area contributed by atoms with Crippen LogP contribution in [0.3, 0.4) is 0 Å². The Morgan fingerprint density at radius 1 is 1.44 bits per heavy atom. The van der Waals surface area contributed by atoms with Gasteiger partial charge in [-0.3, -0.25) is 0 Å². The van der Waals surface area contributed by atoms with Gasteiger partial charge in [-0.25, -0.2) is 4.79 Å². The van der Waals surface area contributed by atoms with E-state index in [1.165, 1.54) is 12.8 Å². The zero-order chi connectivity index (χ0) is 12.2. The molecule has 1 aliphatic rings. The van der Waals surface area contributed by atoms with Gasteiger partial charge in [-0.05, 0) is 40.5 Å². The third-order valence-corrected chi connectivity index (χ3v) is 2.60. The highest BCUT2D eigenvalue weighted by Crippen LogP contribution is 2.12. The van der Waals surface area contributed by atoms with E-state index in [2.05, 4.69) is 17.6 Å². The second-order valence-electron chi connectivity index (χ2n) is 5.58. The van der Waals surface area contributed by atoms with Crippen LogP contribution in [0.15, 0.2) is 0 Å². The van der Waals surface area contributed by atoms with Crippen molar-refractivity contribution >= 4 is 6.09 Å². The monoisotopic (exact) mass is 228 g/mol. The number of piperidine rings is 1. The second-order valence-corrected chi connectivity index (χ2v) is 5.58. The minimum absolute atomic E-state index is 0.326. The Labute approximate surface area is 98.1 Å². The first-order valence-corrected chi connectivity index (χ1v) is 6.10. The molecule has 0 saturated carbocycles. The van der Waals surface area contributed by atoms with E-state index in [4.69, 9.17) is 4.74 Å². The molecule has 94 valence electrons. The molecule has 2 atom stereocenters. The first-order valence-electron chi connectivity index (χ1n) is 6.10. The van der Waals surface area contributed by atoms with Gasteiger partial charge in [0.2, 0.25) is 0 Å². The molecule has 4 heteroatoms. The summed E-state index contributed by atoms with van der Waals surface area (Å²) in [5, 5.41) is 6.27. The summed E-state index contributed by atoms with van der Waals surface area (Å²) < 4.78 is 5.18. The molecule has 0 radical (unpaired) electrons. The lowest BCUT2D eigenvalue weighted by molar-refractivity contribution is 0.0519. The van der Waals surface area contributed by atoms with Crippen LogP contribution in [0.2, 0.25) is 0 Å². The van der Waals surface area contributed by atoms with Gasteiger partial charge in [0.25, 0.3) is 0 Å². The highest BCUT2D eigenvalue weighted by Gasteiger charge is 2.20. The topological polar surface area (TPSA) is 50.4 Å². The summed E-state index contributed by atoms with van der Waals surface area (Å²) in [5.41, 5.74) is -0.419. The summed E-state index contributed by atoms with van der Waals surface area (Å²) in [6, 6.07) is 0.940. The fourth-order valence-electron chi connectivity index (χ4n) is 1.92. The van der Waals surface area contributed by atoms with Crippen LogP contribution in [0, 0.1) is 0 Å². The highest BCUT2D eigenvalue weighted by atomic mass is 16.6.